The summed E-state index contributed by atoms with van der Waals surface area (Å²) in [5.41, 5.74) is 0. The van der Waals surface area contributed by atoms with Gasteiger partial charge >= 0.3 is 0 Å². The summed E-state index contributed by atoms with van der Waals surface area (Å²) in [7, 11) is 0. The number of rotatable bonds is 3. The minimum Gasteiger partial charge on any atom is -0.387 e. The molecule has 0 bridgehead atoms. The molecule has 1 nitrogen and oxygen atoms in total. The highest BCUT2D eigenvalue weighted by atomic mass is 19.3. The smallest absolute Gasteiger partial charge is 0.273 e. The first kappa shape index (κ1) is 8.82. The van der Waals surface area contributed by atoms with Crippen molar-refractivity contribution in [1.29, 1.82) is 0 Å². The molecule has 0 aromatic heterocycles. The van der Waals surface area contributed by atoms with Gasteiger partial charge in [0.15, 0.2) is 0 Å². The van der Waals surface area contributed by atoms with Crippen molar-refractivity contribution >= 4 is 0 Å². The topological polar surface area (TPSA) is 20.2 Å². The summed E-state index contributed by atoms with van der Waals surface area (Å²) >= 11 is 0. The Morgan fingerprint density at radius 2 is 1.89 bits per heavy atom. The van der Waals surface area contributed by atoms with Crippen molar-refractivity contribution in [3.63, 3.8) is 0 Å². The average molecular weight is 138 g/mol. The molecule has 0 spiro atoms. The van der Waals surface area contributed by atoms with Gasteiger partial charge in [-0.15, -0.1) is 0 Å². The molecular weight excluding hydrogens is 126 g/mol. The number of hydrogen-bond acceptors (Lipinski definition) is 1. The first-order chi connectivity index (χ1) is 4.04. The third-order valence-corrected chi connectivity index (χ3v) is 1.35. The van der Waals surface area contributed by atoms with E-state index in [9.17, 15) is 8.78 Å². The molecule has 1 atom stereocenters. The van der Waals surface area contributed by atoms with Crippen LogP contribution in [0, 0.1) is 0 Å². The Kier molecular flexibility index (Phi) is 3.04. The molecule has 1 N–H and O–H groups in total. The van der Waals surface area contributed by atoms with E-state index in [4.69, 9.17) is 5.11 Å². The van der Waals surface area contributed by atoms with Crippen molar-refractivity contribution in [2.75, 3.05) is 0 Å². The summed E-state index contributed by atoms with van der Waals surface area (Å²) in [4.78, 5) is 0. The molecule has 0 radical (unpaired) electrons. The Morgan fingerprint density at radius 3 is 2.00 bits per heavy atom. The zero-order valence-corrected chi connectivity index (χ0v) is 5.69. The molecule has 0 heterocycles. The van der Waals surface area contributed by atoms with E-state index in [2.05, 4.69) is 0 Å². The lowest BCUT2D eigenvalue weighted by Gasteiger charge is -2.18. The summed E-state index contributed by atoms with van der Waals surface area (Å²) < 4.78 is 24.6. The molecule has 1 unspecified atom stereocenters. The lowest BCUT2D eigenvalue weighted by atomic mass is 10.1. The zero-order chi connectivity index (χ0) is 7.49. The van der Waals surface area contributed by atoms with Gasteiger partial charge in [-0.1, -0.05) is 13.8 Å². The van der Waals surface area contributed by atoms with E-state index >= 15 is 0 Å². The summed E-state index contributed by atoms with van der Waals surface area (Å²) in [6, 6.07) is 0. The fourth-order valence-corrected chi connectivity index (χ4v) is 0.534. The minimum absolute atomic E-state index is 0.112. The molecule has 0 aliphatic carbocycles. The third kappa shape index (κ3) is 2.26. The molecule has 0 aromatic carbocycles. The number of alkyl halides is 2. The van der Waals surface area contributed by atoms with Crippen LogP contribution in [-0.2, 0) is 0 Å². The molecule has 0 saturated carbocycles. The molecule has 0 aromatic rings. The fourth-order valence-electron chi connectivity index (χ4n) is 0.534. The van der Waals surface area contributed by atoms with Gasteiger partial charge in [-0.25, -0.2) is 8.78 Å². The first-order valence-corrected chi connectivity index (χ1v) is 3.10. The second-order valence-corrected chi connectivity index (χ2v) is 2.04. The number of aliphatic hydroxyl groups is 1. The van der Waals surface area contributed by atoms with Crippen LogP contribution >= 0.6 is 0 Å². The molecule has 3 heteroatoms. The normalized spacial score (nSPS) is 15.7. The van der Waals surface area contributed by atoms with Crippen LogP contribution in [0.1, 0.15) is 26.7 Å². The predicted molar refractivity (Wildman–Crippen MR) is 31.5 cm³/mol. The quantitative estimate of drug-likeness (QED) is 0.630. The van der Waals surface area contributed by atoms with Crippen molar-refractivity contribution in [3.05, 3.63) is 0 Å². The van der Waals surface area contributed by atoms with Crippen molar-refractivity contribution < 1.29 is 13.9 Å². The Morgan fingerprint density at radius 1 is 1.44 bits per heavy atom. The summed E-state index contributed by atoms with van der Waals surface area (Å²) in [5.74, 6) is -2.89. The monoisotopic (exact) mass is 138 g/mol. The summed E-state index contributed by atoms with van der Waals surface area (Å²) in [5, 5.41) is 8.64. The highest BCUT2D eigenvalue weighted by Crippen LogP contribution is 2.23. The van der Waals surface area contributed by atoms with Crippen LogP contribution in [0.2, 0.25) is 0 Å². The van der Waals surface area contributed by atoms with Crippen molar-refractivity contribution in [1.82, 2.24) is 0 Å². The second-order valence-electron chi connectivity index (χ2n) is 2.04. The van der Waals surface area contributed by atoms with Crippen LogP contribution in [0.3, 0.4) is 0 Å². The maximum atomic E-state index is 12.3. The van der Waals surface area contributed by atoms with E-state index in [1.807, 2.05) is 0 Å². The van der Waals surface area contributed by atoms with Gasteiger partial charge < -0.3 is 5.11 Å². The molecule has 9 heavy (non-hydrogen) atoms. The third-order valence-electron chi connectivity index (χ3n) is 1.35. The highest BCUT2D eigenvalue weighted by molar-refractivity contribution is 4.72. The molecule has 0 aliphatic heterocycles. The van der Waals surface area contributed by atoms with Crippen LogP contribution < -0.4 is 0 Å². The van der Waals surface area contributed by atoms with E-state index in [0.717, 1.165) is 0 Å². The maximum Gasteiger partial charge on any atom is 0.273 e. The van der Waals surface area contributed by atoms with Crippen LogP contribution in [0.4, 0.5) is 8.78 Å². The highest BCUT2D eigenvalue weighted by Gasteiger charge is 2.34. The molecule has 0 saturated heterocycles. The standard InChI is InChI=1S/C6H12F2O/c1-3-5(9)6(7,8)4-2/h5,9H,3-4H2,1-2H3. The molecule has 0 fully saturated rings. The lowest BCUT2D eigenvalue weighted by Crippen LogP contribution is -2.31. The molecule has 0 amide bonds. The number of hydrogen-bond donors (Lipinski definition) is 1. The second kappa shape index (κ2) is 3.11. The van der Waals surface area contributed by atoms with E-state index in [1.165, 1.54) is 13.8 Å². The minimum atomic E-state index is -2.89. The molecule has 0 aliphatic rings. The van der Waals surface area contributed by atoms with Crippen LogP contribution in [0.25, 0.3) is 0 Å². The van der Waals surface area contributed by atoms with E-state index in [1.54, 1.807) is 0 Å². The van der Waals surface area contributed by atoms with Crippen molar-refractivity contribution in [3.8, 4) is 0 Å². The van der Waals surface area contributed by atoms with Crippen LogP contribution in [-0.4, -0.2) is 17.1 Å². The predicted octanol–water partition coefficient (Wildman–Crippen LogP) is 1.80. The van der Waals surface area contributed by atoms with Gasteiger partial charge in [0.1, 0.15) is 6.10 Å². The van der Waals surface area contributed by atoms with E-state index < -0.39 is 12.0 Å². The van der Waals surface area contributed by atoms with Crippen molar-refractivity contribution in [2.45, 2.75) is 38.7 Å². The van der Waals surface area contributed by atoms with Crippen LogP contribution in [0.5, 0.6) is 0 Å². The molecular formula is C6H12F2O. The van der Waals surface area contributed by atoms with Gasteiger partial charge in [0.25, 0.3) is 5.92 Å². The van der Waals surface area contributed by atoms with Gasteiger partial charge in [-0.2, -0.15) is 0 Å². The zero-order valence-electron chi connectivity index (χ0n) is 5.69. The Labute approximate surface area is 53.7 Å². The van der Waals surface area contributed by atoms with Gasteiger partial charge in [-0.3, -0.25) is 0 Å². The largest absolute Gasteiger partial charge is 0.387 e. The van der Waals surface area contributed by atoms with Crippen LogP contribution in [0.15, 0.2) is 0 Å². The van der Waals surface area contributed by atoms with Gasteiger partial charge in [0.2, 0.25) is 0 Å². The van der Waals surface area contributed by atoms with Gasteiger partial charge in [0, 0.05) is 6.42 Å². The summed E-state index contributed by atoms with van der Waals surface area (Å²) in [6.45, 7) is 2.90. The fraction of sp³-hybridized carbons (Fsp3) is 1.00. The first-order valence-electron chi connectivity index (χ1n) is 3.10. The molecule has 56 valence electrons. The van der Waals surface area contributed by atoms with E-state index in [0.29, 0.717) is 0 Å². The number of halogens is 2. The lowest BCUT2D eigenvalue weighted by molar-refractivity contribution is -0.110. The van der Waals surface area contributed by atoms with Gasteiger partial charge in [0.05, 0.1) is 0 Å². The Balaban J connectivity index is 3.80. The van der Waals surface area contributed by atoms with Gasteiger partial charge in [-0.05, 0) is 6.42 Å². The SMILES string of the molecule is CCC(O)C(F)(F)CC. The Hall–Kier alpha value is -0.180. The summed E-state index contributed by atoms with van der Waals surface area (Å²) in [6.07, 6.45) is -1.65. The van der Waals surface area contributed by atoms with Crippen molar-refractivity contribution in [2.24, 2.45) is 0 Å². The molecule has 0 rings (SSSR count). The van der Waals surface area contributed by atoms with E-state index in [-0.39, 0.29) is 12.8 Å². The average Bonchev–Trinajstić information content (AvgIpc) is 1.86. The number of aliphatic hydroxyl groups excluding tert-OH is 1. The Bertz CT molecular complexity index is 83.1. The maximum absolute atomic E-state index is 12.3.